The second-order valence-corrected chi connectivity index (χ2v) is 8.16. The van der Waals surface area contributed by atoms with Gasteiger partial charge in [-0.05, 0) is 49.2 Å². The summed E-state index contributed by atoms with van der Waals surface area (Å²) in [5.41, 5.74) is 1.15. The summed E-state index contributed by atoms with van der Waals surface area (Å²) in [5, 5.41) is 5.54. The third kappa shape index (κ3) is 5.68. The van der Waals surface area contributed by atoms with Crippen LogP contribution in [-0.4, -0.2) is 44.1 Å². The largest absolute Gasteiger partial charge is 0.493 e. The molecule has 0 spiro atoms. The van der Waals surface area contributed by atoms with Crippen LogP contribution in [0.5, 0.6) is 11.5 Å². The first-order valence-electron chi connectivity index (χ1n) is 11.3. The number of rotatable bonds is 7. The van der Waals surface area contributed by atoms with Gasteiger partial charge in [0.15, 0.2) is 11.5 Å². The molecule has 2 aromatic carbocycles. The van der Waals surface area contributed by atoms with Crippen molar-refractivity contribution in [1.29, 1.82) is 0 Å². The van der Waals surface area contributed by atoms with E-state index >= 15 is 0 Å². The molecule has 2 N–H and O–H groups in total. The Hall–Kier alpha value is -4.14. The van der Waals surface area contributed by atoms with Crippen molar-refractivity contribution in [1.82, 2.24) is 4.98 Å². The fraction of sp³-hybridized carbons (Fsp3) is 0.269. The number of amides is 2. The van der Waals surface area contributed by atoms with Gasteiger partial charge in [0, 0.05) is 42.5 Å². The Morgan fingerprint density at radius 3 is 2.43 bits per heavy atom. The minimum atomic E-state index is -0.497. The summed E-state index contributed by atoms with van der Waals surface area (Å²) in [4.78, 5) is 31.8. The highest BCUT2D eigenvalue weighted by atomic mass is 19.1. The summed E-state index contributed by atoms with van der Waals surface area (Å²) >= 11 is 0. The number of ether oxygens (including phenoxy) is 2. The normalized spacial score (nSPS) is 13.7. The van der Waals surface area contributed by atoms with Crippen LogP contribution in [0.15, 0.2) is 60.8 Å². The zero-order valence-corrected chi connectivity index (χ0v) is 19.6. The molecule has 0 bridgehead atoms. The Bertz CT molecular complexity index is 1210. The van der Waals surface area contributed by atoms with Gasteiger partial charge in [0.05, 0.1) is 19.9 Å². The van der Waals surface area contributed by atoms with E-state index in [-0.39, 0.29) is 17.5 Å². The zero-order valence-electron chi connectivity index (χ0n) is 19.6. The number of para-hydroxylation sites is 1. The summed E-state index contributed by atoms with van der Waals surface area (Å²) in [5.74, 6) is 0.674. The predicted octanol–water partition coefficient (Wildman–Crippen LogP) is 4.35. The van der Waals surface area contributed by atoms with Crippen LogP contribution in [0.4, 0.5) is 21.6 Å². The average Bonchev–Trinajstić information content (AvgIpc) is 2.90. The molecular weight excluding hydrogens is 451 g/mol. The second-order valence-electron chi connectivity index (χ2n) is 8.16. The Morgan fingerprint density at radius 2 is 1.71 bits per heavy atom. The van der Waals surface area contributed by atoms with E-state index < -0.39 is 11.7 Å². The number of methoxy groups -OCH3 is 2. The van der Waals surface area contributed by atoms with Gasteiger partial charge < -0.3 is 25.0 Å². The minimum absolute atomic E-state index is 0.0529. The highest BCUT2D eigenvalue weighted by Crippen LogP contribution is 2.30. The molecule has 35 heavy (non-hydrogen) atoms. The predicted molar refractivity (Wildman–Crippen MR) is 132 cm³/mol. The molecule has 9 heteroatoms. The van der Waals surface area contributed by atoms with Crippen LogP contribution >= 0.6 is 0 Å². The smallest absolute Gasteiger partial charge is 0.255 e. The number of benzene rings is 2. The number of hydrogen-bond donors (Lipinski definition) is 2. The Balaban J connectivity index is 1.35. The molecule has 0 aliphatic carbocycles. The van der Waals surface area contributed by atoms with Crippen LogP contribution in [0.2, 0.25) is 0 Å². The van der Waals surface area contributed by atoms with Crippen LogP contribution in [0, 0.1) is 11.7 Å². The van der Waals surface area contributed by atoms with Crippen molar-refractivity contribution < 1.29 is 23.5 Å². The Morgan fingerprint density at radius 1 is 0.971 bits per heavy atom. The molecule has 1 aromatic heterocycles. The zero-order chi connectivity index (χ0) is 24.8. The maximum atomic E-state index is 13.9. The number of hydrogen-bond acceptors (Lipinski definition) is 6. The van der Waals surface area contributed by atoms with Crippen molar-refractivity contribution in [2.24, 2.45) is 5.92 Å². The fourth-order valence-electron chi connectivity index (χ4n) is 4.02. The van der Waals surface area contributed by atoms with Crippen LogP contribution < -0.4 is 25.0 Å². The third-order valence-corrected chi connectivity index (χ3v) is 5.97. The summed E-state index contributed by atoms with van der Waals surface area (Å²) < 4.78 is 24.4. The molecule has 0 radical (unpaired) electrons. The first-order chi connectivity index (χ1) is 17.0. The van der Waals surface area contributed by atoms with Gasteiger partial charge in [-0.15, -0.1) is 0 Å². The molecule has 3 aromatic rings. The summed E-state index contributed by atoms with van der Waals surface area (Å²) in [6, 6.07) is 14.5. The van der Waals surface area contributed by atoms with E-state index in [9.17, 15) is 14.0 Å². The van der Waals surface area contributed by atoms with Gasteiger partial charge in [0.25, 0.3) is 5.91 Å². The van der Waals surface area contributed by atoms with Crippen molar-refractivity contribution in [3.05, 3.63) is 72.2 Å². The molecule has 0 unspecified atom stereocenters. The molecule has 0 atom stereocenters. The lowest BCUT2D eigenvalue weighted by Crippen LogP contribution is -2.38. The van der Waals surface area contributed by atoms with E-state index in [1.165, 1.54) is 12.1 Å². The van der Waals surface area contributed by atoms with Crippen LogP contribution in [0.3, 0.4) is 0 Å². The SMILES string of the molecule is COc1ccc(NC(=O)C2CCN(c3cc(C(=O)Nc4ccccc4F)ccn3)CC2)cc1OC. The number of piperidine rings is 1. The van der Waals surface area contributed by atoms with Crippen LogP contribution in [0.1, 0.15) is 23.2 Å². The van der Waals surface area contributed by atoms with E-state index in [1.54, 1.807) is 62.9 Å². The van der Waals surface area contributed by atoms with Gasteiger partial charge in [-0.2, -0.15) is 0 Å². The lowest BCUT2D eigenvalue weighted by molar-refractivity contribution is -0.120. The topological polar surface area (TPSA) is 92.8 Å². The quantitative estimate of drug-likeness (QED) is 0.525. The Kier molecular flexibility index (Phi) is 7.45. The fourth-order valence-corrected chi connectivity index (χ4v) is 4.02. The van der Waals surface area contributed by atoms with E-state index in [0.29, 0.717) is 54.5 Å². The van der Waals surface area contributed by atoms with Crippen molar-refractivity contribution in [3.8, 4) is 11.5 Å². The monoisotopic (exact) mass is 478 g/mol. The van der Waals surface area contributed by atoms with Gasteiger partial charge in [0.2, 0.25) is 5.91 Å². The Labute approximate surface area is 203 Å². The molecule has 1 aliphatic rings. The third-order valence-electron chi connectivity index (χ3n) is 5.97. The number of carbonyl (C=O) groups is 2. The molecule has 4 rings (SSSR count). The standard InChI is InChI=1S/C26H27FN4O4/c1-34-22-8-7-19(16-23(22)35-2)29-25(32)17-10-13-31(14-11-17)24-15-18(9-12-28-24)26(33)30-21-6-4-3-5-20(21)27/h3-9,12,15-17H,10-11,13-14H2,1-2H3,(H,29,32)(H,30,33). The van der Waals surface area contributed by atoms with Crippen molar-refractivity contribution in [2.75, 3.05) is 42.8 Å². The molecule has 0 saturated carbocycles. The molecule has 1 aliphatic heterocycles. The maximum absolute atomic E-state index is 13.9. The van der Waals surface area contributed by atoms with E-state index in [4.69, 9.17) is 9.47 Å². The van der Waals surface area contributed by atoms with Gasteiger partial charge >= 0.3 is 0 Å². The lowest BCUT2D eigenvalue weighted by Gasteiger charge is -2.32. The van der Waals surface area contributed by atoms with Gasteiger partial charge in [0.1, 0.15) is 11.6 Å². The molecular formula is C26H27FN4O4. The van der Waals surface area contributed by atoms with Crippen molar-refractivity contribution >= 4 is 29.0 Å². The highest BCUT2D eigenvalue weighted by molar-refractivity contribution is 6.04. The van der Waals surface area contributed by atoms with Gasteiger partial charge in [-0.1, -0.05) is 12.1 Å². The summed E-state index contributed by atoms with van der Waals surface area (Å²) in [6.45, 7) is 1.24. The molecule has 2 heterocycles. The number of nitrogens with one attached hydrogen (secondary N) is 2. The summed E-state index contributed by atoms with van der Waals surface area (Å²) in [7, 11) is 3.11. The highest BCUT2D eigenvalue weighted by Gasteiger charge is 2.26. The first-order valence-corrected chi connectivity index (χ1v) is 11.3. The van der Waals surface area contributed by atoms with Gasteiger partial charge in [-0.25, -0.2) is 9.37 Å². The molecule has 1 fully saturated rings. The van der Waals surface area contributed by atoms with E-state index in [0.717, 1.165) is 0 Å². The number of nitrogens with zero attached hydrogens (tertiary/aromatic N) is 2. The van der Waals surface area contributed by atoms with E-state index in [2.05, 4.69) is 15.6 Å². The first kappa shape index (κ1) is 24.0. The minimum Gasteiger partial charge on any atom is -0.493 e. The number of carbonyl (C=O) groups excluding carboxylic acids is 2. The van der Waals surface area contributed by atoms with Crippen LogP contribution in [-0.2, 0) is 4.79 Å². The maximum Gasteiger partial charge on any atom is 0.255 e. The molecule has 182 valence electrons. The molecule has 8 nitrogen and oxygen atoms in total. The lowest BCUT2D eigenvalue weighted by atomic mass is 9.95. The summed E-state index contributed by atoms with van der Waals surface area (Å²) in [6.07, 6.45) is 2.85. The molecule has 2 amide bonds. The second kappa shape index (κ2) is 10.9. The van der Waals surface area contributed by atoms with Crippen molar-refractivity contribution in [3.63, 3.8) is 0 Å². The number of pyridine rings is 1. The molecule has 1 saturated heterocycles. The van der Waals surface area contributed by atoms with Crippen molar-refractivity contribution in [2.45, 2.75) is 12.8 Å². The number of halogens is 1. The number of anilines is 3. The van der Waals surface area contributed by atoms with Crippen LogP contribution in [0.25, 0.3) is 0 Å². The average molecular weight is 479 g/mol. The number of aromatic nitrogens is 1. The van der Waals surface area contributed by atoms with Gasteiger partial charge in [-0.3, -0.25) is 9.59 Å². The van der Waals surface area contributed by atoms with E-state index in [1.807, 2.05) is 4.90 Å².